The maximum atomic E-state index is 12.8. The zero-order chi connectivity index (χ0) is 18.0. The number of methoxy groups -OCH3 is 2. The Hall–Kier alpha value is -3.16. The van der Waals surface area contributed by atoms with Crippen molar-refractivity contribution in [2.45, 2.75) is 13.0 Å². The monoisotopic (exact) mass is 341 g/mol. The van der Waals surface area contributed by atoms with Gasteiger partial charge in [-0.15, -0.1) is 0 Å². The maximum Gasteiger partial charge on any atom is 0.286 e. The molecule has 0 saturated heterocycles. The van der Waals surface area contributed by atoms with Gasteiger partial charge >= 0.3 is 0 Å². The van der Waals surface area contributed by atoms with Crippen molar-refractivity contribution in [1.82, 2.24) is 14.9 Å². The topological polar surface area (TPSA) is 108 Å². The van der Waals surface area contributed by atoms with E-state index in [2.05, 4.69) is 16.2 Å². The van der Waals surface area contributed by atoms with E-state index in [1.54, 1.807) is 23.1 Å². The molecule has 8 heteroatoms. The van der Waals surface area contributed by atoms with E-state index in [0.29, 0.717) is 35.7 Å². The summed E-state index contributed by atoms with van der Waals surface area (Å²) in [6.45, 7) is 0.758. The Kier molecular flexibility index (Phi) is 4.51. The van der Waals surface area contributed by atoms with Gasteiger partial charge in [-0.3, -0.25) is 9.59 Å². The lowest BCUT2D eigenvalue weighted by molar-refractivity contribution is 0.0730. The summed E-state index contributed by atoms with van der Waals surface area (Å²) in [4.78, 5) is 33.7. The summed E-state index contributed by atoms with van der Waals surface area (Å²) in [6.07, 6.45) is 3.34. The van der Waals surface area contributed by atoms with Gasteiger partial charge in [-0.1, -0.05) is 0 Å². The first-order valence-corrected chi connectivity index (χ1v) is 7.61. The molecule has 0 spiro atoms. The van der Waals surface area contributed by atoms with Crippen LogP contribution in [0.25, 0.3) is 0 Å². The summed E-state index contributed by atoms with van der Waals surface area (Å²) in [5, 5.41) is 0. The number of carbonyl (C=O) groups excluding carboxylic acids is 2. The highest BCUT2D eigenvalue weighted by atomic mass is 16.5. The number of hydrogen-bond acceptors (Lipinski definition) is 6. The molecule has 0 unspecified atom stereocenters. The average molecular weight is 341 g/mol. The fraction of sp³-hybridized carbons (Fsp3) is 0.294. The van der Waals surface area contributed by atoms with Gasteiger partial charge in [0.25, 0.3) is 11.8 Å². The second-order valence-corrected chi connectivity index (χ2v) is 5.53. The molecule has 0 fully saturated rings. The molecule has 1 aliphatic heterocycles. The van der Waals surface area contributed by atoms with E-state index in [9.17, 15) is 9.59 Å². The van der Waals surface area contributed by atoms with Gasteiger partial charge in [0.2, 0.25) is 5.82 Å². The van der Waals surface area contributed by atoms with Crippen LogP contribution in [0.15, 0.2) is 18.2 Å². The molecular weight excluding hydrogens is 324 g/mol. The summed E-state index contributed by atoms with van der Waals surface area (Å²) < 4.78 is 10.4. The number of carbonyl (C=O) groups is 2. The highest BCUT2D eigenvalue weighted by Gasteiger charge is 2.25. The standard InChI is InChI=1S/C17H17N4O4/c1-24-12-5-11(6-13(7-12)25-2)17(23)21-4-3-10-8-19-16(15(18)22)20-14(10)9-21/h5-7H,3-4,9H2,1-2H3,(H2,18,22). The summed E-state index contributed by atoms with van der Waals surface area (Å²) >= 11 is 0. The molecule has 25 heavy (non-hydrogen) atoms. The molecule has 0 aliphatic carbocycles. The Morgan fingerprint density at radius 1 is 1.20 bits per heavy atom. The van der Waals surface area contributed by atoms with Crippen molar-refractivity contribution >= 4 is 11.8 Å². The number of primary amides is 1. The van der Waals surface area contributed by atoms with Crippen molar-refractivity contribution in [2.75, 3.05) is 20.8 Å². The van der Waals surface area contributed by atoms with E-state index in [4.69, 9.17) is 15.2 Å². The van der Waals surface area contributed by atoms with Crippen LogP contribution in [0.4, 0.5) is 0 Å². The summed E-state index contributed by atoms with van der Waals surface area (Å²) in [5.74, 6) is 0.0665. The smallest absolute Gasteiger partial charge is 0.286 e. The SMILES string of the molecule is COc1cc(OC)cc(C(=O)N2CCc3[c]nc(C(N)=O)nc3C2)c1. The molecule has 0 bridgehead atoms. The van der Waals surface area contributed by atoms with Crippen LogP contribution in [0.2, 0.25) is 0 Å². The maximum absolute atomic E-state index is 12.8. The van der Waals surface area contributed by atoms with Crippen molar-refractivity contribution in [3.63, 3.8) is 0 Å². The van der Waals surface area contributed by atoms with Gasteiger partial charge < -0.3 is 20.1 Å². The van der Waals surface area contributed by atoms with E-state index < -0.39 is 5.91 Å². The molecule has 1 aromatic heterocycles. The highest BCUT2D eigenvalue weighted by molar-refractivity contribution is 5.95. The fourth-order valence-corrected chi connectivity index (χ4v) is 2.64. The predicted molar refractivity (Wildman–Crippen MR) is 87.4 cm³/mol. The Labute approximate surface area is 144 Å². The second kappa shape index (κ2) is 6.76. The lowest BCUT2D eigenvalue weighted by Gasteiger charge is -2.28. The van der Waals surface area contributed by atoms with Crippen LogP contribution < -0.4 is 15.2 Å². The van der Waals surface area contributed by atoms with Crippen molar-refractivity contribution in [2.24, 2.45) is 5.73 Å². The number of amides is 2. The van der Waals surface area contributed by atoms with E-state index in [1.165, 1.54) is 14.2 Å². The van der Waals surface area contributed by atoms with E-state index >= 15 is 0 Å². The Balaban J connectivity index is 1.87. The molecule has 8 nitrogen and oxygen atoms in total. The van der Waals surface area contributed by atoms with Gasteiger partial charge in [0.15, 0.2) is 0 Å². The molecule has 0 atom stereocenters. The minimum Gasteiger partial charge on any atom is -0.497 e. The first kappa shape index (κ1) is 16.7. The third kappa shape index (κ3) is 3.37. The Morgan fingerprint density at radius 2 is 1.88 bits per heavy atom. The molecule has 2 aromatic rings. The van der Waals surface area contributed by atoms with Crippen molar-refractivity contribution in [3.8, 4) is 11.5 Å². The number of ether oxygens (including phenoxy) is 2. The van der Waals surface area contributed by atoms with E-state index in [0.717, 1.165) is 5.56 Å². The third-order valence-corrected chi connectivity index (χ3v) is 3.96. The van der Waals surface area contributed by atoms with Crippen molar-refractivity contribution < 1.29 is 19.1 Å². The van der Waals surface area contributed by atoms with Gasteiger partial charge in [-0.05, 0) is 18.6 Å². The van der Waals surface area contributed by atoms with E-state index in [1.807, 2.05) is 0 Å². The number of nitrogens with zero attached hydrogens (tertiary/aromatic N) is 3. The molecule has 129 valence electrons. The van der Waals surface area contributed by atoms with Crippen molar-refractivity contribution in [3.05, 3.63) is 47.0 Å². The third-order valence-electron chi connectivity index (χ3n) is 3.96. The molecule has 1 aromatic carbocycles. The number of fused-ring (bicyclic) bond motifs is 1. The number of hydrogen-bond donors (Lipinski definition) is 1. The van der Waals surface area contributed by atoms with Crippen LogP contribution in [0.1, 0.15) is 32.2 Å². The Bertz CT molecular complexity index is 815. The minimum atomic E-state index is -0.722. The number of nitrogens with two attached hydrogens (primary N) is 1. The number of aromatic nitrogens is 2. The first-order valence-electron chi connectivity index (χ1n) is 7.61. The molecule has 0 saturated carbocycles. The first-order chi connectivity index (χ1) is 12.0. The zero-order valence-corrected chi connectivity index (χ0v) is 13.9. The molecular formula is C17H17N4O4. The normalized spacial score (nSPS) is 13.1. The highest BCUT2D eigenvalue weighted by Crippen LogP contribution is 2.25. The van der Waals surface area contributed by atoms with Crippen LogP contribution in [0.5, 0.6) is 11.5 Å². The lowest BCUT2D eigenvalue weighted by atomic mass is 10.1. The van der Waals surface area contributed by atoms with Gasteiger partial charge in [-0.25, -0.2) is 9.97 Å². The molecule has 2 heterocycles. The van der Waals surface area contributed by atoms with Crippen LogP contribution in [-0.2, 0) is 13.0 Å². The Morgan fingerprint density at radius 3 is 2.48 bits per heavy atom. The number of rotatable bonds is 4. The van der Waals surface area contributed by atoms with Crippen LogP contribution >= 0.6 is 0 Å². The van der Waals surface area contributed by atoms with Crippen LogP contribution in [-0.4, -0.2) is 47.4 Å². The van der Waals surface area contributed by atoms with Gasteiger partial charge in [0.1, 0.15) is 11.5 Å². The predicted octanol–water partition coefficient (Wildman–Crippen LogP) is 0.591. The number of benzene rings is 1. The second-order valence-electron chi connectivity index (χ2n) is 5.53. The molecule has 2 N–H and O–H groups in total. The summed E-state index contributed by atoms with van der Waals surface area (Å²) in [7, 11) is 3.05. The van der Waals surface area contributed by atoms with Crippen molar-refractivity contribution in [1.29, 1.82) is 0 Å². The van der Waals surface area contributed by atoms with Gasteiger partial charge in [-0.2, -0.15) is 0 Å². The lowest BCUT2D eigenvalue weighted by Crippen LogP contribution is -2.37. The molecule has 1 radical (unpaired) electrons. The van der Waals surface area contributed by atoms with Crippen LogP contribution in [0, 0.1) is 6.20 Å². The van der Waals surface area contributed by atoms with Gasteiger partial charge in [0, 0.05) is 23.7 Å². The molecule has 2 amide bonds. The molecule has 3 rings (SSSR count). The summed E-state index contributed by atoms with van der Waals surface area (Å²) in [5.41, 5.74) is 7.03. The van der Waals surface area contributed by atoms with Crippen LogP contribution in [0.3, 0.4) is 0 Å². The van der Waals surface area contributed by atoms with Gasteiger partial charge in [0.05, 0.1) is 32.7 Å². The minimum absolute atomic E-state index is 0.101. The largest absolute Gasteiger partial charge is 0.497 e. The zero-order valence-electron chi connectivity index (χ0n) is 13.9. The summed E-state index contributed by atoms with van der Waals surface area (Å²) in [6, 6.07) is 5.01. The average Bonchev–Trinajstić information content (AvgIpc) is 2.65. The van der Waals surface area contributed by atoms with E-state index in [-0.39, 0.29) is 18.3 Å². The quantitative estimate of drug-likeness (QED) is 0.872. The molecule has 1 aliphatic rings. The fourth-order valence-electron chi connectivity index (χ4n) is 2.64.